The molecule has 0 spiro atoms. The van der Waals surface area contributed by atoms with Crippen LogP contribution in [0.5, 0.6) is 0 Å². The first-order valence-electron chi connectivity index (χ1n) is 9.09. The average molecular weight is 339 g/mol. The summed E-state index contributed by atoms with van der Waals surface area (Å²) >= 11 is 0. The molecule has 0 aromatic rings. The molecule has 24 heavy (non-hydrogen) atoms. The molecular weight excluding hydrogens is 300 g/mol. The highest BCUT2D eigenvalue weighted by atomic mass is 16.5. The highest BCUT2D eigenvalue weighted by Gasteiger charge is 2.32. The van der Waals surface area contributed by atoms with Crippen LogP contribution >= 0.6 is 0 Å². The van der Waals surface area contributed by atoms with Crippen LogP contribution in [0.2, 0.25) is 0 Å². The van der Waals surface area contributed by atoms with Gasteiger partial charge < -0.3 is 13.7 Å². The summed E-state index contributed by atoms with van der Waals surface area (Å²) in [4.78, 5) is 12.6. The molecule has 0 heterocycles. The van der Waals surface area contributed by atoms with E-state index >= 15 is 0 Å². The number of allylic oxidation sites excluding steroid dienone is 2. The Morgan fingerprint density at radius 3 is 2.29 bits per heavy atom. The van der Waals surface area contributed by atoms with Gasteiger partial charge in [0.25, 0.3) is 0 Å². The number of carbonyl (C=O) groups excluding carboxylic acids is 1. The number of esters is 1. The van der Waals surface area contributed by atoms with Crippen molar-refractivity contribution in [3.8, 4) is 0 Å². The topological polar surface area (TPSA) is 26.3 Å². The molecule has 138 valence electrons. The second kappa shape index (κ2) is 8.30. The maximum atomic E-state index is 12.6. The third-order valence-corrected chi connectivity index (χ3v) is 4.50. The van der Waals surface area contributed by atoms with Gasteiger partial charge in [-0.05, 0) is 18.3 Å². The predicted octanol–water partition coefficient (Wildman–Crippen LogP) is 2.72. The van der Waals surface area contributed by atoms with E-state index in [0.717, 1.165) is 28.5 Å². The fraction of sp³-hybridized carbons (Fsp3) is 0.750. The molecule has 0 radical (unpaired) electrons. The molecule has 0 bridgehead atoms. The zero-order valence-corrected chi connectivity index (χ0v) is 17.0. The van der Waals surface area contributed by atoms with Gasteiger partial charge >= 0.3 is 5.97 Å². The first kappa shape index (κ1) is 20.9. The Morgan fingerprint density at radius 2 is 1.79 bits per heavy atom. The lowest BCUT2D eigenvalue weighted by Crippen LogP contribution is -2.39. The molecule has 0 amide bonds. The van der Waals surface area contributed by atoms with E-state index in [2.05, 4.69) is 74.4 Å². The molecule has 0 aromatic heterocycles. The van der Waals surface area contributed by atoms with Gasteiger partial charge in [0.05, 0.1) is 48.2 Å². The number of quaternary nitrogens is 2. The zero-order chi connectivity index (χ0) is 18.5. The lowest BCUT2D eigenvalue weighted by Gasteiger charge is -2.31. The molecule has 3 atom stereocenters. The largest absolute Gasteiger partial charge is 0.459 e. The van der Waals surface area contributed by atoms with E-state index in [1.54, 1.807) is 0 Å². The zero-order valence-electron chi connectivity index (χ0n) is 17.0. The molecule has 0 saturated heterocycles. The second-order valence-electron chi connectivity index (χ2n) is 9.18. The number of likely N-dealkylation sites (N-methyl/N-ethyl adjacent to an activating group) is 2. The van der Waals surface area contributed by atoms with Crippen molar-refractivity contribution in [2.24, 2.45) is 17.8 Å². The van der Waals surface area contributed by atoms with Crippen molar-refractivity contribution in [3.05, 3.63) is 23.8 Å². The Hall–Kier alpha value is -1.13. The molecule has 0 fully saturated rings. The van der Waals surface area contributed by atoms with Gasteiger partial charge in [0, 0.05) is 5.57 Å². The first-order valence-corrected chi connectivity index (χ1v) is 9.09. The van der Waals surface area contributed by atoms with Gasteiger partial charge in [0.2, 0.25) is 0 Å². The third-order valence-electron chi connectivity index (χ3n) is 4.50. The van der Waals surface area contributed by atoms with E-state index in [4.69, 9.17) is 4.74 Å². The van der Waals surface area contributed by atoms with E-state index < -0.39 is 0 Å². The molecule has 1 aliphatic carbocycles. The third kappa shape index (κ3) is 7.18. The van der Waals surface area contributed by atoms with Crippen molar-refractivity contribution >= 4 is 5.97 Å². The van der Waals surface area contributed by atoms with E-state index in [1.165, 1.54) is 5.57 Å². The number of ether oxygens (including phenoxy) is 1. The average Bonchev–Trinajstić information content (AvgIpc) is 2.40. The molecule has 4 nitrogen and oxygen atoms in total. The van der Waals surface area contributed by atoms with Crippen LogP contribution in [0, 0.1) is 17.8 Å². The summed E-state index contributed by atoms with van der Waals surface area (Å²) in [7, 11) is 12.9. The number of nitrogens with zero attached hydrogens (tertiary/aromatic N) is 2. The van der Waals surface area contributed by atoms with Gasteiger partial charge in [-0.3, -0.25) is 4.79 Å². The summed E-state index contributed by atoms with van der Waals surface area (Å²) in [6.45, 7) is 6.59. The van der Waals surface area contributed by atoms with Gasteiger partial charge in [-0.25, -0.2) is 0 Å². The molecule has 1 rings (SSSR count). The van der Waals surface area contributed by atoms with E-state index in [9.17, 15) is 4.79 Å². The normalized spacial score (nSPS) is 22.9. The Balaban J connectivity index is 2.77. The maximum absolute atomic E-state index is 12.6. The van der Waals surface area contributed by atoms with Crippen molar-refractivity contribution < 1.29 is 18.5 Å². The first-order chi connectivity index (χ1) is 10.9. The fourth-order valence-electron chi connectivity index (χ4n) is 3.12. The Morgan fingerprint density at radius 1 is 1.17 bits per heavy atom. The Bertz CT molecular complexity index is 481. The molecule has 0 saturated carbocycles. The van der Waals surface area contributed by atoms with E-state index in [-0.39, 0.29) is 17.8 Å². The molecule has 0 N–H and O–H groups in total. The summed E-state index contributed by atoms with van der Waals surface area (Å²) < 4.78 is 7.29. The highest BCUT2D eigenvalue weighted by Crippen LogP contribution is 2.32. The van der Waals surface area contributed by atoms with Gasteiger partial charge in [-0.2, -0.15) is 0 Å². The van der Waals surface area contributed by atoms with Crippen LogP contribution in [0.25, 0.3) is 0 Å². The van der Waals surface area contributed by atoms with Gasteiger partial charge in [0.1, 0.15) is 19.7 Å². The summed E-state index contributed by atoms with van der Waals surface area (Å²) in [5.74, 6) is 0.508. The van der Waals surface area contributed by atoms with Gasteiger partial charge in [0.15, 0.2) is 0 Å². The smallest absolute Gasteiger partial charge is 0.309 e. The minimum atomic E-state index is -0.0557. The van der Waals surface area contributed by atoms with Crippen LogP contribution in [0.3, 0.4) is 0 Å². The SMILES string of the molecule is CCC(C(=O)OCC[N+](C)(C)C)C1C=C(C[N+](C)(C)C)C=CC1C. The molecule has 4 heteroatoms. The van der Waals surface area contributed by atoms with Crippen molar-refractivity contribution in [1.29, 1.82) is 0 Å². The summed E-state index contributed by atoms with van der Waals surface area (Å²) in [6.07, 6.45) is 7.60. The molecule has 0 aromatic carbocycles. The number of hydrogen-bond acceptors (Lipinski definition) is 2. The van der Waals surface area contributed by atoms with Crippen LogP contribution in [0.1, 0.15) is 20.3 Å². The van der Waals surface area contributed by atoms with E-state index in [0.29, 0.717) is 12.5 Å². The Labute approximate surface area is 149 Å². The van der Waals surface area contributed by atoms with Crippen molar-refractivity contribution in [2.45, 2.75) is 20.3 Å². The predicted molar refractivity (Wildman–Crippen MR) is 100 cm³/mol. The van der Waals surface area contributed by atoms with E-state index in [1.807, 2.05) is 0 Å². The molecule has 3 unspecified atom stereocenters. The van der Waals surface area contributed by atoms with Crippen molar-refractivity contribution in [1.82, 2.24) is 0 Å². The van der Waals surface area contributed by atoms with Crippen molar-refractivity contribution in [2.75, 3.05) is 62.0 Å². The van der Waals surface area contributed by atoms with Crippen LogP contribution in [0.4, 0.5) is 0 Å². The van der Waals surface area contributed by atoms with Crippen LogP contribution in [0.15, 0.2) is 23.8 Å². The van der Waals surface area contributed by atoms with Crippen molar-refractivity contribution in [3.63, 3.8) is 0 Å². The van der Waals surface area contributed by atoms with Crippen LogP contribution in [-0.4, -0.2) is 76.9 Å². The Kier molecular flexibility index (Phi) is 7.24. The second-order valence-corrected chi connectivity index (χ2v) is 9.18. The summed E-state index contributed by atoms with van der Waals surface area (Å²) in [6, 6.07) is 0. The quantitative estimate of drug-likeness (QED) is 0.502. The lowest BCUT2D eigenvalue weighted by atomic mass is 9.77. The highest BCUT2D eigenvalue weighted by molar-refractivity contribution is 5.73. The summed E-state index contributed by atoms with van der Waals surface area (Å²) in [5, 5.41) is 0. The monoisotopic (exact) mass is 338 g/mol. The number of rotatable bonds is 8. The number of hydrogen-bond donors (Lipinski definition) is 0. The molecular formula is C20H38N2O2+2. The summed E-state index contributed by atoms with van der Waals surface area (Å²) in [5.41, 5.74) is 1.32. The number of carbonyl (C=O) groups is 1. The molecule has 1 aliphatic rings. The van der Waals surface area contributed by atoms with Crippen LogP contribution < -0.4 is 0 Å². The molecule has 0 aliphatic heterocycles. The minimum absolute atomic E-state index is 0.0426. The standard InChI is InChI=1S/C20H38N2O2/c1-9-18(20(23)24-13-12-21(3,4)5)19-14-17(11-10-16(19)2)15-22(6,7)8/h10-11,14,16,18-19H,9,12-13,15H2,1-8H3/q+2. The minimum Gasteiger partial charge on any atom is -0.459 e. The van der Waals surface area contributed by atoms with Crippen LogP contribution in [-0.2, 0) is 9.53 Å². The van der Waals surface area contributed by atoms with Gasteiger partial charge in [-0.15, -0.1) is 0 Å². The maximum Gasteiger partial charge on any atom is 0.309 e. The van der Waals surface area contributed by atoms with Gasteiger partial charge in [-0.1, -0.05) is 32.1 Å². The lowest BCUT2D eigenvalue weighted by molar-refractivity contribution is -0.870. The fourth-order valence-corrected chi connectivity index (χ4v) is 3.12.